The number of rotatable bonds is 2. The van der Waals surface area contributed by atoms with E-state index in [4.69, 9.17) is 5.73 Å². The Hall–Kier alpha value is -3.75. The van der Waals surface area contributed by atoms with Crippen LogP contribution in [0.1, 0.15) is 12.8 Å². The van der Waals surface area contributed by atoms with Crippen LogP contribution >= 0.6 is 0 Å². The topological polar surface area (TPSA) is 198 Å². The van der Waals surface area contributed by atoms with Crippen molar-refractivity contribution in [2.75, 3.05) is 14.1 Å². The number of Topliss-reactive ketones (excluding diaryl/α,β-unsaturated/α-hetero) is 2. The molecule has 6 N–H and O–H groups in total. The number of aliphatic hydroxyl groups excluding tert-OH is 3. The van der Waals surface area contributed by atoms with E-state index in [1.807, 2.05) is 0 Å². The maximum atomic E-state index is 13.6. The van der Waals surface area contributed by atoms with E-state index in [-0.39, 0.29) is 35.5 Å². The van der Waals surface area contributed by atoms with Crippen LogP contribution in [0.25, 0.3) is 5.53 Å². The number of hydrogen-bond donors (Lipinski definition) is 5. The number of nitrogens with zero attached hydrogens (tertiary/aromatic N) is 3. The number of allylic oxidation sites excluding steroid dienone is 3. The maximum Gasteiger partial charge on any atom is 0.673 e. The number of carbonyl (C=O) groups excluding carboxylic acids is 3. The molecule has 0 aliphatic heterocycles. The Bertz CT molecular complexity index is 1260. The molecule has 0 aromatic carbocycles. The number of halogens is 4. The van der Waals surface area contributed by atoms with Crippen molar-refractivity contribution in [3.05, 3.63) is 51.7 Å². The Balaban J connectivity index is 0.000000695. The summed E-state index contributed by atoms with van der Waals surface area (Å²) in [5.74, 6) is -7.80. The average molecular weight is 529 g/mol. The molecule has 1 saturated carbocycles. The number of aliphatic hydroxyl groups is 4. The summed E-state index contributed by atoms with van der Waals surface area (Å²) >= 11 is 0. The predicted molar refractivity (Wildman–Crippen MR) is 118 cm³/mol. The molecule has 4 aliphatic carbocycles. The first-order chi connectivity index (χ1) is 17.0. The Kier molecular flexibility index (Phi) is 6.99. The number of ketones is 2. The summed E-state index contributed by atoms with van der Waals surface area (Å²) in [5, 5.41) is 43.4. The lowest BCUT2D eigenvalue weighted by Crippen LogP contribution is -2.66. The van der Waals surface area contributed by atoms with Crippen molar-refractivity contribution in [1.82, 2.24) is 4.90 Å². The summed E-state index contributed by atoms with van der Waals surface area (Å²) < 4.78 is 39.0. The highest BCUT2D eigenvalue weighted by Crippen LogP contribution is 2.53. The molecular weight excluding hydrogens is 507 g/mol. The molecule has 0 saturated heterocycles. The third-order valence-electron chi connectivity index (χ3n) is 6.91. The van der Waals surface area contributed by atoms with Gasteiger partial charge in [0.05, 0.1) is 17.5 Å². The van der Waals surface area contributed by atoms with Crippen LogP contribution in [0.5, 0.6) is 0 Å². The Morgan fingerprint density at radius 1 is 1.14 bits per heavy atom. The zero-order valence-corrected chi connectivity index (χ0v) is 19.4. The minimum Gasteiger partial charge on any atom is -0.508 e. The minimum absolute atomic E-state index is 0.0146. The van der Waals surface area contributed by atoms with Crippen molar-refractivity contribution in [2.24, 2.45) is 23.5 Å². The SMILES string of the molecule is CN(C)[C@@H]1C(=O)C(C(N)=O)=C(O)[C@@]2(O)C(=O)C3=C(O)C4=C(O)C=CC(=[N+]=[N-])C4C[C@H]3C[C@@H]12.F[B-](F)(F)F. The molecule has 5 atom stereocenters. The third kappa shape index (κ3) is 4.47. The van der Waals surface area contributed by atoms with Gasteiger partial charge in [0.15, 0.2) is 11.4 Å². The quantitative estimate of drug-likeness (QED) is 0.114. The normalized spacial score (nSPS) is 31.4. The number of hydrogen-bond acceptors (Lipinski definition) is 8. The van der Waals surface area contributed by atoms with Gasteiger partial charge in [0.2, 0.25) is 5.78 Å². The summed E-state index contributed by atoms with van der Waals surface area (Å²) in [5.41, 5.74) is 11.0. The Morgan fingerprint density at radius 3 is 2.19 bits per heavy atom. The van der Waals surface area contributed by atoms with E-state index in [0.29, 0.717) is 0 Å². The second-order valence-electron chi connectivity index (χ2n) is 9.20. The lowest BCUT2D eigenvalue weighted by Gasteiger charge is -2.50. The molecule has 1 amide bonds. The number of primary amides is 1. The smallest absolute Gasteiger partial charge is 0.508 e. The molecule has 4 aliphatic rings. The molecule has 37 heavy (non-hydrogen) atoms. The zero-order valence-electron chi connectivity index (χ0n) is 19.4. The minimum atomic E-state index is -6.00. The van der Waals surface area contributed by atoms with Crippen molar-refractivity contribution in [3.63, 3.8) is 0 Å². The van der Waals surface area contributed by atoms with E-state index >= 15 is 0 Å². The first kappa shape index (κ1) is 27.8. The maximum absolute atomic E-state index is 13.6. The standard InChI is InChI=1S/C21H22N4O7.BF4/c1-25(2)15-9-6-7-5-8-10(24-23)3-4-11(26)13(8)16(27)12(7)18(29)21(9,32)19(30)14(17(15)28)20(22)31;2-1(3,4)5/h3-4,7-9,15,26-27,30,32H,5-6H2,1-2H3,(H2,22,31);/q;-1/t7-,8?,9-,15-,21-;/m0./s1. The predicted octanol–water partition coefficient (Wildman–Crippen LogP) is 0.918. The van der Waals surface area contributed by atoms with Gasteiger partial charge in [-0.25, -0.2) is 0 Å². The second kappa shape index (κ2) is 9.28. The number of nitrogens with two attached hydrogens (primary N) is 1. The van der Waals surface area contributed by atoms with Crippen molar-refractivity contribution >= 4 is 30.4 Å². The summed E-state index contributed by atoms with van der Waals surface area (Å²) in [4.78, 5) is 43.1. The summed E-state index contributed by atoms with van der Waals surface area (Å²) in [7, 11) is -2.95. The van der Waals surface area contributed by atoms with Crippen molar-refractivity contribution in [2.45, 2.75) is 24.5 Å². The van der Waals surface area contributed by atoms with Gasteiger partial charge in [-0.15, -0.1) is 0 Å². The number of amides is 1. The summed E-state index contributed by atoms with van der Waals surface area (Å²) in [6.07, 6.45) is 2.71. The molecule has 0 aromatic rings. The fraction of sp³-hybridized carbons (Fsp3) is 0.429. The van der Waals surface area contributed by atoms with Crippen LogP contribution in [0.15, 0.2) is 46.1 Å². The van der Waals surface area contributed by atoms with Gasteiger partial charge in [-0.2, -0.15) is 4.79 Å². The molecule has 11 nitrogen and oxygen atoms in total. The lowest BCUT2D eigenvalue weighted by atomic mass is 9.56. The number of fused-ring (bicyclic) bond motifs is 3. The Morgan fingerprint density at radius 2 is 1.70 bits per heavy atom. The molecule has 1 unspecified atom stereocenters. The Labute approximate surface area is 206 Å². The first-order valence-electron chi connectivity index (χ1n) is 10.8. The molecule has 200 valence electrons. The van der Waals surface area contributed by atoms with Gasteiger partial charge in [0, 0.05) is 17.6 Å². The third-order valence-corrected chi connectivity index (χ3v) is 6.91. The van der Waals surface area contributed by atoms with E-state index in [1.54, 1.807) is 0 Å². The molecule has 0 radical (unpaired) electrons. The van der Waals surface area contributed by atoms with Crippen LogP contribution in [0.3, 0.4) is 0 Å². The van der Waals surface area contributed by atoms with E-state index < -0.39 is 71.2 Å². The zero-order chi connectivity index (χ0) is 28.2. The molecule has 1 fully saturated rings. The van der Waals surface area contributed by atoms with Gasteiger partial charge in [-0.3, -0.25) is 19.3 Å². The van der Waals surface area contributed by atoms with E-state index in [0.717, 1.165) is 0 Å². The summed E-state index contributed by atoms with van der Waals surface area (Å²) in [6.45, 7) is 0. The van der Waals surface area contributed by atoms with E-state index in [9.17, 15) is 57.6 Å². The fourth-order valence-corrected chi connectivity index (χ4v) is 5.53. The number of carbonyl (C=O) groups is 3. The molecular formula is C21H22BF4N4O7-. The molecule has 4 rings (SSSR count). The molecule has 0 bridgehead atoms. The van der Waals surface area contributed by atoms with Crippen molar-refractivity contribution in [3.8, 4) is 0 Å². The summed E-state index contributed by atoms with van der Waals surface area (Å²) in [6, 6.07) is -1.14. The molecule has 0 heterocycles. The van der Waals surface area contributed by atoms with Crippen LogP contribution in [0.4, 0.5) is 17.3 Å². The van der Waals surface area contributed by atoms with Crippen LogP contribution in [-0.4, -0.2) is 86.3 Å². The van der Waals surface area contributed by atoms with Crippen LogP contribution in [-0.2, 0) is 14.4 Å². The van der Waals surface area contributed by atoms with Crippen LogP contribution in [0.2, 0.25) is 0 Å². The van der Waals surface area contributed by atoms with Gasteiger partial charge in [0.25, 0.3) is 11.6 Å². The van der Waals surface area contributed by atoms with Crippen LogP contribution < -0.4 is 5.73 Å². The van der Waals surface area contributed by atoms with Gasteiger partial charge < -0.3 is 49.0 Å². The average Bonchev–Trinajstić information content (AvgIpc) is 2.75. The fourth-order valence-electron chi connectivity index (χ4n) is 5.53. The molecule has 16 heteroatoms. The van der Waals surface area contributed by atoms with Gasteiger partial charge in [-0.1, -0.05) is 0 Å². The molecule has 0 aromatic heterocycles. The number of likely N-dealkylation sites (N-methyl/N-ethyl adjacent to an activating group) is 1. The largest absolute Gasteiger partial charge is 0.673 e. The van der Waals surface area contributed by atoms with Gasteiger partial charge in [0.1, 0.15) is 22.9 Å². The molecule has 0 spiro atoms. The second-order valence-corrected chi connectivity index (χ2v) is 9.20. The van der Waals surface area contributed by atoms with Gasteiger partial charge in [-0.05, 0) is 38.9 Å². The lowest BCUT2D eigenvalue weighted by molar-refractivity contribution is -0.154. The highest BCUT2D eigenvalue weighted by Gasteiger charge is 2.64. The van der Waals surface area contributed by atoms with Gasteiger partial charge >= 0.3 is 7.25 Å². The first-order valence-corrected chi connectivity index (χ1v) is 10.8. The monoisotopic (exact) mass is 529 g/mol. The van der Waals surface area contributed by atoms with Crippen molar-refractivity contribution in [1.29, 1.82) is 0 Å². The highest BCUT2D eigenvalue weighted by atomic mass is 19.5. The van der Waals surface area contributed by atoms with Crippen LogP contribution in [0, 0.1) is 17.8 Å². The highest BCUT2D eigenvalue weighted by molar-refractivity contribution is 6.50. The van der Waals surface area contributed by atoms with Crippen molar-refractivity contribution < 1.29 is 56.9 Å². The van der Waals surface area contributed by atoms with E-state index in [1.165, 1.54) is 31.1 Å². The van der Waals surface area contributed by atoms with E-state index in [2.05, 4.69) is 4.79 Å².